The molecular weight excluding hydrogens is 400 g/mol. The molecule has 3 aromatic carbocycles. The van der Waals surface area contributed by atoms with E-state index < -0.39 is 5.91 Å². The minimum Gasteiger partial charge on any atom is -0.485 e. The minimum absolute atomic E-state index is 0.0759. The van der Waals surface area contributed by atoms with E-state index in [0.29, 0.717) is 11.4 Å². The molecule has 0 unspecified atom stereocenters. The van der Waals surface area contributed by atoms with Crippen molar-refractivity contribution >= 4 is 11.6 Å². The summed E-state index contributed by atoms with van der Waals surface area (Å²) < 4.78 is 33.7. The van der Waals surface area contributed by atoms with Crippen molar-refractivity contribution in [1.29, 1.82) is 0 Å². The Kier molecular flexibility index (Phi) is 5.75. The fourth-order valence-corrected chi connectivity index (χ4v) is 2.92. The predicted octanol–water partition coefficient (Wildman–Crippen LogP) is 5.29. The summed E-state index contributed by atoms with van der Waals surface area (Å²) >= 11 is 0. The fourth-order valence-electron chi connectivity index (χ4n) is 2.92. The molecule has 0 spiro atoms. The third kappa shape index (κ3) is 4.95. The van der Waals surface area contributed by atoms with Crippen molar-refractivity contribution in [2.45, 2.75) is 13.5 Å². The molecular formula is C24H19F2N3O2. The normalized spacial score (nSPS) is 10.7. The maximum atomic E-state index is 13.3. The second kappa shape index (κ2) is 8.79. The van der Waals surface area contributed by atoms with E-state index in [-0.39, 0.29) is 29.7 Å². The van der Waals surface area contributed by atoms with Crippen molar-refractivity contribution < 1.29 is 18.3 Å². The molecule has 0 radical (unpaired) electrons. The largest absolute Gasteiger partial charge is 0.485 e. The lowest BCUT2D eigenvalue weighted by Crippen LogP contribution is -2.14. The second-order valence-corrected chi connectivity index (χ2v) is 7.00. The van der Waals surface area contributed by atoms with Gasteiger partial charge in [-0.25, -0.2) is 13.5 Å². The second-order valence-electron chi connectivity index (χ2n) is 7.00. The van der Waals surface area contributed by atoms with Gasteiger partial charge in [-0.1, -0.05) is 29.8 Å². The Labute approximate surface area is 177 Å². The average Bonchev–Trinajstić information content (AvgIpc) is 3.20. The van der Waals surface area contributed by atoms with Gasteiger partial charge in [-0.15, -0.1) is 0 Å². The van der Waals surface area contributed by atoms with Gasteiger partial charge < -0.3 is 10.1 Å². The summed E-state index contributed by atoms with van der Waals surface area (Å²) in [6, 6.07) is 19.0. The molecule has 1 N–H and O–H groups in total. The molecule has 1 heterocycles. The van der Waals surface area contributed by atoms with Gasteiger partial charge in [0.2, 0.25) is 0 Å². The number of halogens is 2. The Bertz CT molecular complexity index is 1190. The van der Waals surface area contributed by atoms with E-state index in [9.17, 15) is 13.6 Å². The number of carbonyl (C=O) groups excluding carboxylic acids is 1. The van der Waals surface area contributed by atoms with Crippen LogP contribution < -0.4 is 10.1 Å². The lowest BCUT2D eigenvalue weighted by molar-refractivity contribution is 0.101. The van der Waals surface area contributed by atoms with Crippen molar-refractivity contribution in [1.82, 2.24) is 9.78 Å². The molecule has 0 fully saturated rings. The van der Waals surface area contributed by atoms with Crippen molar-refractivity contribution in [3.8, 4) is 11.4 Å². The van der Waals surface area contributed by atoms with Crippen LogP contribution in [0.2, 0.25) is 0 Å². The van der Waals surface area contributed by atoms with Crippen molar-refractivity contribution in [3.05, 3.63) is 107 Å². The quantitative estimate of drug-likeness (QED) is 0.462. The third-order valence-electron chi connectivity index (χ3n) is 4.60. The number of benzene rings is 3. The van der Waals surface area contributed by atoms with E-state index in [1.807, 2.05) is 19.1 Å². The molecule has 0 atom stereocenters. The Morgan fingerprint density at radius 2 is 1.55 bits per heavy atom. The number of aromatic nitrogens is 2. The number of nitrogens with zero attached hydrogens (tertiary/aromatic N) is 2. The van der Waals surface area contributed by atoms with Crippen LogP contribution >= 0.6 is 0 Å². The molecule has 4 rings (SSSR count). The molecule has 0 bridgehead atoms. The summed E-state index contributed by atoms with van der Waals surface area (Å²) in [7, 11) is 0. The van der Waals surface area contributed by atoms with Crippen LogP contribution in [0.15, 0.2) is 79.0 Å². The molecule has 1 amide bonds. The molecule has 0 saturated heterocycles. The van der Waals surface area contributed by atoms with Crippen molar-refractivity contribution in [2.75, 3.05) is 5.32 Å². The van der Waals surface area contributed by atoms with E-state index in [2.05, 4.69) is 10.4 Å². The molecule has 0 saturated carbocycles. The highest BCUT2D eigenvalue weighted by Gasteiger charge is 2.19. The summed E-state index contributed by atoms with van der Waals surface area (Å²) in [4.78, 5) is 12.9. The average molecular weight is 419 g/mol. The van der Waals surface area contributed by atoms with Gasteiger partial charge in [0.15, 0.2) is 11.4 Å². The number of carbonyl (C=O) groups is 1. The van der Waals surface area contributed by atoms with Gasteiger partial charge in [0.25, 0.3) is 5.91 Å². The van der Waals surface area contributed by atoms with Crippen LogP contribution in [-0.4, -0.2) is 15.7 Å². The number of amides is 1. The van der Waals surface area contributed by atoms with Crippen LogP contribution in [0.3, 0.4) is 0 Å². The van der Waals surface area contributed by atoms with Gasteiger partial charge in [0.1, 0.15) is 18.2 Å². The minimum atomic E-state index is -0.446. The summed E-state index contributed by atoms with van der Waals surface area (Å²) in [6.45, 7) is 2.08. The maximum absolute atomic E-state index is 13.3. The lowest BCUT2D eigenvalue weighted by Gasteiger charge is -2.07. The highest BCUT2D eigenvalue weighted by atomic mass is 19.1. The summed E-state index contributed by atoms with van der Waals surface area (Å²) in [6.07, 6.45) is 1.56. The molecule has 1 aromatic heterocycles. The van der Waals surface area contributed by atoms with Gasteiger partial charge in [0.05, 0.1) is 11.9 Å². The third-order valence-corrected chi connectivity index (χ3v) is 4.60. The Balaban J connectivity index is 1.61. The first-order valence-corrected chi connectivity index (χ1v) is 9.59. The van der Waals surface area contributed by atoms with E-state index in [0.717, 1.165) is 11.1 Å². The highest BCUT2D eigenvalue weighted by molar-refractivity contribution is 6.04. The molecule has 7 heteroatoms. The van der Waals surface area contributed by atoms with E-state index >= 15 is 0 Å². The first-order chi connectivity index (χ1) is 15.0. The zero-order chi connectivity index (χ0) is 21.8. The van der Waals surface area contributed by atoms with Crippen LogP contribution in [0.4, 0.5) is 14.5 Å². The fraction of sp³-hybridized carbons (Fsp3) is 0.0833. The summed E-state index contributed by atoms with van der Waals surface area (Å²) in [5.41, 5.74) is 3.08. The number of hydrogen-bond acceptors (Lipinski definition) is 3. The molecule has 31 heavy (non-hydrogen) atoms. The van der Waals surface area contributed by atoms with Crippen molar-refractivity contribution in [3.63, 3.8) is 0 Å². The molecule has 5 nitrogen and oxygen atoms in total. The Morgan fingerprint density at radius 1 is 0.935 bits per heavy atom. The van der Waals surface area contributed by atoms with Crippen LogP contribution in [0.1, 0.15) is 21.6 Å². The zero-order valence-electron chi connectivity index (χ0n) is 16.7. The summed E-state index contributed by atoms with van der Waals surface area (Å²) in [5, 5.41) is 7.15. The molecule has 156 valence electrons. The standard InChI is InChI=1S/C24H19F2N3O2/c1-16-2-10-20(11-3-16)27-24(30)23-22(31-15-17-4-6-18(25)7-5-17)14-29(28-23)21-12-8-19(26)9-13-21/h2-14H,15H2,1H3,(H,27,30). The topological polar surface area (TPSA) is 56.2 Å². The monoisotopic (exact) mass is 419 g/mol. The smallest absolute Gasteiger partial charge is 0.280 e. The number of ether oxygens (including phenoxy) is 1. The van der Waals surface area contributed by atoms with E-state index in [1.165, 1.54) is 28.9 Å². The Hall–Kier alpha value is -4.00. The van der Waals surface area contributed by atoms with E-state index in [4.69, 9.17) is 4.74 Å². The van der Waals surface area contributed by atoms with Crippen LogP contribution in [0.5, 0.6) is 5.75 Å². The van der Waals surface area contributed by atoms with Gasteiger partial charge in [0, 0.05) is 5.69 Å². The molecule has 0 aliphatic heterocycles. The number of rotatable bonds is 6. The van der Waals surface area contributed by atoms with Gasteiger partial charge in [-0.3, -0.25) is 4.79 Å². The Morgan fingerprint density at radius 3 is 2.19 bits per heavy atom. The van der Waals surface area contributed by atoms with Crippen molar-refractivity contribution in [2.24, 2.45) is 0 Å². The number of hydrogen-bond donors (Lipinski definition) is 1. The molecule has 0 aliphatic carbocycles. The first kappa shape index (κ1) is 20.3. The molecule has 4 aromatic rings. The van der Waals surface area contributed by atoms with Crippen LogP contribution in [-0.2, 0) is 6.61 Å². The van der Waals surface area contributed by atoms with Crippen LogP contribution in [0, 0.1) is 18.6 Å². The highest BCUT2D eigenvalue weighted by Crippen LogP contribution is 2.23. The predicted molar refractivity (Wildman–Crippen MR) is 113 cm³/mol. The summed E-state index contributed by atoms with van der Waals surface area (Å²) in [5.74, 6) is -0.913. The SMILES string of the molecule is Cc1ccc(NC(=O)c2nn(-c3ccc(F)cc3)cc2OCc2ccc(F)cc2)cc1. The van der Waals surface area contributed by atoms with E-state index in [1.54, 1.807) is 42.6 Å². The van der Waals surface area contributed by atoms with Gasteiger partial charge >= 0.3 is 0 Å². The number of anilines is 1. The maximum Gasteiger partial charge on any atom is 0.280 e. The van der Waals surface area contributed by atoms with Gasteiger partial charge in [-0.05, 0) is 61.0 Å². The lowest BCUT2D eigenvalue weighted by atomic mass is 10.2. The number of nitrogens with one attached hydrogen (secondary N) is 1. The molecule has 0 aliphatic rings. The van der Waals surface area contributed by atoms with Crippen LogP contribution in [0.25, 0.3) is 5.69 Å². The number of aryl methyl sites for hydroxylation is 1. The first-order valence-electron chi connectivity index (χ1n) is 9.59. The zero-order valence-corrected chi connectivity index (χ0v) is 16.7. The van der Waals surface area contributed by atoms with Gasteiger partial charge in [-0.2, -0.15) is 5.10 Å².